The molecular formula is C18H22N2O5Se. The van der Waals surface area contributed by atoms with Crippen LogP contribution < -0.4 is 9.47 Å². The van der Waals surface area contributed by atoms with Crippen molar-refractivity contribution >= 4 is 24.4 Å². The number of unbranched alkanes of at least 4 members (excludes halogenated alkanes) is 1. The van der Waals surface area contributed by atoms with Crippen LogP contribution >= 0.6 is 0 Å². The topological polar surface area (TPSA) is 97.6 Å². The van der Waals surface area contributed by atoms with Crippen LogP contribution in [0, 0.1) is 0 Å². The number of nitrogens with zero attached hydrogens (tertiary/aromatic N) is 2. The maximum atomic E-state index is 10.7. The Balaban J connectivity index is 1.85. The van der Waals surface area contributed by atoms with Gasteiger partial charge in [0.05, 0.1) is 6.61 Å². The third kappa shape index (κ3) is 7.74. The van der Waals surface area contributed by atoms with Crippen molar-refractivity contribution < 1.29 is 21.3 Å². The summed E-state index contributed by atoms with van der Waals surface area (Å²) in [5.74, 6) is 1.31. The molecule has 1 N–H and O–H groups in total. The molecule has 0 aromatic heterocycles. The van der Waals surface area contributed by atoms with Gasteiger partial charge in [0.1, 0.15) is 5.75 Å². The van der Waals surface area contributed by atoms with E-state index in [0.29, 0.717) is 23.7 Å². The summed E-state index contributed by atoms with van der Waals surface area (Å²) in [6, 6.07) is 14.1. The normalized spacial score (nSPS) is 11.6. The zero-order valence-corrected chi connectivity index (χ0v) is 16.3. The molecule has 0 bridgehead atoms. The number of rotatable bonds is 10. The molecule has 140 valence electrons. The Bertz CT molecular complexity index is 802. The quantitative estimate of drug-likeness (QED) is 0.345. The monoisotopic (exact) mass is 426 g/mol. The van der Waals surface area contributed by atoms with E-state index in [-0.39, 0.29) is 11.9 Å². The molecule has 0 heterocycles. The van der Waals surface area contributed by atoms with Gasteiger partial charge in [-0.2, -0.15) is 0 Å². The Kier molecular flexibility index (Phi) is 7.71. The summed E-state index contributed by atoms with van der Waals surface area (Å²) in [7, 11) is 0. The van der Waals surface area contributed by atoms with Crippen molar-refractivity contribution in [3.05, 3.63) is 48.5 Å². The predicted octanol–water partition coefficient (Wildman–Crippen LogP) is 4.45. The second-order valence-corrected chi connectivity index (χ2v) is 8.82. The van der Waals surface area contributed by atoms with Crippen LogP contribution in [-0.4, -0.2) is 30.4 Å². The van der Waals surface area contributed by atoms with Gasteiger partial charge < -0.3 is 4.74 Å². The molecule has 26 heavy (non-hydrogen) atoms. The molecule has 8 heteroatoms. The third-order valence-electron chi connectivity index (χ3n) is 3.33. The van der Waals surface area contributed by atoms with Crippen LogP contribution in [0.1, 0.15) is 19.8 Å². The molecule has 0 atom stereocenters. The number of hydrogen-bond acceptors (Lipinski definition) is 6. The summed E-state index contributed by atoms with van der Waals surface area (Å²) in [5, 5.41) is 7.92. The minimum absolute atomic E-state index is 0.0863. The molecular weight excluding hydrogens is 403 g/mol. The van der Waals surface area contributed by atoms with E-state index < -0.39 is 13.0 Å². The van der Waals surface area contributed by atoms with Crippen LogP contribution in [0.25, 0.3) is 0 Å². The number of ether oxygens (including phenoxy) is 2. The van der Waals surface area contributed by atoms with Crippen molar-refractivity contribution in [1.29, 1.82) is 0 Å². The summed E-state index contributed by atoms with van der Waals surface area (Å²) in [6.07, 6.45) is 2.12. The van der Waals surface area contributed by atoms with Crippen LogP contribution in [0.2, 0.25) is 5.32 Å². The number of azo groups is 1. The Hall–Kier alpha value is -2.28. The van der Waals surface area contributed by atoms with Gasteiger partial charge in [0, 0.05) is 0 Å². The molecule has 2 aromatic rings. The van der Waals surface area contributed by atoms with Crippen molar-refractivity contribution in [3.63, 3.8) is 0 Å². The molecule has 0 saturated carbocycles. The molecule has 0 aliphatic rings. The van der Waals surface area contributed by atoms with Crippen LogP contribution in [0.3, 0.4) is 0 Å². The Labute approximate surface area is 154 Å². The van der Waals surface area contributed by atoms with E-state index in [0.717, 1.165) is 18.6 Å². The van der Waals surface area contributed by atoms with Crippen molar-refractivity contribution in [2.24, 2.45) is 10.2 Å². The van der Waals surface area contributed by atoms with Gasteiger partial charge in [-0.25, -0.2) is 0 Å². The molecule has 0 aliphatic heterocycles. The summed E-state index contributed by atoms with van der Waals surface area (Å²) < 4.78 is 40.9. The molecule has 0 unspecified atom stereocenters. The molecule has 0 spiro atoms. The van der Waals surface area contributed by atoms with Gasteiger partial charge >= 0.3 is 117 Å². The van der Waals surface area contributed by atoms with Gasteiger partial charge in [-0.15, -0.1) is 0 Å². The average Bonchev–Trinajstić information content (AvgIpc) is 2.61. The Morgan fingerprint density at radius 1 is 0.846 bits per heavy atom. The molecule has 0 amide bonds. The van der Waals surface area contributed by atoms with Crippen molar-refractivity contribution in [2.75, 3.05) is 13.2 Å². The average molecular weight is 425 g/mol. The van der Waals surface area contributed by atoms with Crippen molar-refractivity contribution in [1.82, 2.24) is 0 Å². The SMILES string of the molecule is CCCCOc1ccc(N=Nc2ccc(OCC[Se](=O)(=O)O)cc2)cc1. The van der Waals surface area contributed by atoms with E-state index >= 15 is 0 Å². The fourth-order valence-corrected chi connectivity index (χ4v) is 2.55. The number of benzene rings is 2. The van der Waals surface area contributed by atoms with Gasteiger partial charge in [0.15, 0.2) is 0 Å². The van der Waals surface area contributed by atoms with E-state index in [1.807, 2.05) is 24.3 Å². The first-order valence-electron chi connectivity index (χ1n) is 8.29. The molecule has 7 nitrogen and oxygen atoms in total. The van der Waals surface area contributed by atoms with Gasteiger partial charge in [-0.1, -0.05) is 13.3 Å². The first-order chi connectivity index (χ1) is 12.5. The van der Waals surface area contributed by atoms with Crippen LogP contribution in [0.5, 0.6) is 11.5 Å². The molecule has 2 aromatic carbocycles. The van der Waals surface area contributed by atoms with Gasteiger partial charge in [-0.05, 0) is 6.42 Å². The van der Waals surface area contributed by atoms with E-state index in [9.17, 15) is 7.67 Å². The summed E-state index contributed by atoms with van der Waals surface area (Å²) in [4.78, 5) is 0. The van der Waals surface area contributed by atoms with Crippen LogP contribution in [0.15, 0.2) is 58.8 Å². The fraction of sp³-hybridized carbons (Fsp3) is 0.333. The van der Waals surface area contributed by atoms with E-state index in [2.05, 4.69) is 17.2 Å². The van der Waals surface area contributed by atoms with Crippen LogP contribution in [0.4, 0.5) is 11.4 Å². The molecule has 0 aliphatic carbocycles. The summed E-state index contributed by atoms with van der Waals surface area (Å²) in [5.41, 5.74) is 1.35. The molecule has 2 rings (SSSR count). The predicted molar refractivity (Wildman–Crippen MR) is 97.1 cm³/mol. The first-order valence-corrected chi connectivity index (χ1v) is 11.7. The maximum absolute atomic E-state index is 10.7. The first kappa shape index (κ1) is 20.0. The standard InChI is InChI=1S/C18H22N2O5Se/c1-2-3-12-24-17-8-4-15(5-9-17)19-20-16-6-10-18(11-7-16)25-13-14-26(21,22)23/h4-11H,2-3,12-14H2,1H3,(H,21,22,23). The van der Waals surface area contributed by atoms with Gasteiger partial charge in [-0.3, -0.25) is 0 Å². The third-order valence-corrected chi connectivity index (χ3v) is 4.76. The Morgan fingerprint density at radius 2 is 1.31 bits per heavy atom. The summed E-state index contributed by atoms with van der Waals surface area (Å²) >= 11 is -4.72. The molecule has 0 fully saturated rings. The zero-order chi connectivity index (χ0) is 18.8. The number of hydrogen-bond donors (Lipinski definition) is 1. The molecule has 0 saturated heterocycles. The minimum atomic E-state index is -4.72. The van der Waals surface area contributed by atoms with Crippen molar-refractivity contribution in [3.8, 4) is 11.5 Å². The Morgan fingerprint density at radius 3 is 1.73 bits per heavy atom. The van der Waals surface area contributed by atoms with Gasteiger partial charge in [0.2, 0.25) is 0 Å². The second kappa shape index (κ2) is 10.0. The van der Waals surface area contributed by atoms with Crippen molar-refractivity contribution in [2.45, 2.75) is 25.1 Å². The molecule has 0 radical (unpaired) electrons. The van der Waals surface area contributed by atoms with Gasteiger partial charge in [0.25, 0.3) is 0 Å². The zero-order valence-electron chi connectivity index (χ0n) is 14.5. The van der Waals surface area contributed by atoms with E-state index in [1.165, 1.54) is 0 Å². The summed E-state index contributed by atoms with van der Waals surface area (Å²) in [6.45, 7) is 2.74. The van der Waals surface area contributed by atoms with E-state index in [1.54, 1.807) is 24.3 Å². The second-order valence-electron chi connectivity index (χ2n) is 5.52. The van der Waals surface area contributed by atoms with E-state index in [4.69, 9.17) is 13.7 Å². The fourth-order valence-electron chi connectivity index (χ4n) is 1.93. The van der Waals surface area contributed by atoms with Crippen LogP contribution in [-0.2, 0) is 7.67 Å².